The van der Waals surface area contributed by atoms with Gasteiger partial charge in [-0.3, -0.25) is 0 Å². The normalized spacial score (nSPS) is 11.5. The fourth-order valence-corrected chi connectivity index (χ4v) is 3.93. The molecular weight excluding hydrogens is 540 g/mol. The fraction of sp³-hybridized carbons (Fsp3) is 0.684. The summed E-state index contributed by atoms with van der Waals surface area (Å²) in [5.41, 5.74) is 0.519. The van der Waals surface area contributed by atoms with Gasteiger partial charge >= 0.3 is 118 Å². The molecule has 0 saturated carbocycles. The van der Waals surface area contributed by atoms with E-state index in [4.69, 9.17) is 4.74 Å². The van der Waals surface area contributed by atoms with Crippen LogP contribution in [0.4, 0.5) is 0 Å². The van der Waals surface area contributed by atoms with Crippen molar-refractivity contribution in [1.29, 1.82) is 0 Å². The average molecular weight is 571 g/mol. The number of aryl methyl sites for hydroxylation is 2. The van der Waals surface area contributed by atoms with Crippen LogP contribution in [0.2, 0.25) is 0 Å². The summed E-state index contributed by atoms with van der Waals surface area (Å²) in [7, 11) is -9.43. The van der Waals surface area contributed by atoms with Crippen LogP contribution in [0.15, 0.2) is 18.2 Å². The molecule has 0 bridgehead atoms. The van der Waals surface area contributed by atoms with Gasteiger partial charge in [0.05, 0.1) is 25.4 Å². The van der Waals surface area contributed by atoms with Gasteiger partial charge in [0.2, 0.25) is 0 Å². The molecule has 16 heteroatoms. The molecule has 3 N–H and O–H groups in total. The van der Waals surface area contributed by atoms with Crippen LogP contribution >= 0.6 is 15.2 Å². The van der Waals surface area contributed by atoms with Crippen molar-refractivity contribution in [3.8, 4) is 0 Å². The van der Waals surface area contributed by atoms with Crippen LogP contribution in [0.1, 0.15) is 36.5 Å². The molecule has 0 aromatic heterocycles. The first-order chi connectivity index (χ1) is 14.4. The number of hydrogen-bond acceptors (Lipinski definition) is 10. The SMILES string of the molecule is CCCCOCC(CO)(CO)NCc1cc(CCP(=O)([O-])[O-])cc(CCP(=O)([O-])[O-])c1.[Na+].[Na+].[Na+].[Na+]. The van der Waals surface area contributed by atoms with Crippen molar-refractivity contribution < 1.29 is 162 Å². The zero-order valence-electron chi connectivity index (χ0n) is 21.7. The second-order valence-corrected chi connectivity index (χ2v) is 11.0. The summed E-state index contributed by atoms with van der Waals surface area (Å²) in [6.45, 7) is 1.92. The Labute approximate surface area is 296 Å². The molecule has 0 aliphatic rings. The Bertz CT molecular complexity index is 732. The maximum atomic E-state index is 11.0. The van der Waals surface area contributed by atoms with E-state index in [0.29, 0.717) is 23.3 Å². The number of unbranched alkanes of at least 4 members (excludes halogenated alkanes) is 1. The topological polar surface area (TPSA) is 188 Å². The standard InChI is InChI=1S/C19H35NO9P2.4Na/c1-2-3-6-29-15-19(13-21,14-22)20-12-18-10-16(4-7-30(23,24)25)9-17(11-18)5-8-31(26,27)28;;;;/h9-11,20-22H,2-8,12-15H2,1H3,(H2,23,24,25)(H2,26,27,28);;;;/q;4*+1/p-4. The van der Waals surface area contributed by atoms with Crippen molar-refractivity contribution in [2.45, 2.75) is 44.7 Å². The largest absolute Gasteiger partial charge is 1.00 e. The average Bonchev–Trinajstić information content (AvgIpc) is 2.70. The Morgan fingerprint density at radius 2 is 1.29 bits per heavy atom. The van der Waals surface area contributed by atoms with Crippen molar-refractivity contribution >= 4 is 15.2 Å². The third kappa shape index (κ3) is 21.7. The summed E-state index contributed by atoms with van der Waals surface area (Å²) in [5.74, 6) is 0. The van der Waals surface area contributed by atoms with Crippen LogP contribution < -0.4 is 143 Å². The monoisotopic (exact) mass is 571 g/mol. The van der Waals surface area contributed by atoms with E-state index < -0.39 is 46.3 Å². The third-order valence-corrected chi connectivity index (χ3v) is 6.30. The first-order valence-corrected chi connectivity index (χ1v) is 13.6. The van der Waals surface area contributed by atoms with Crippen LogP contribution in [0.3, 0.4) is 0 Å². The minimum absolute atomic E-state index is 0. The fourth-order valence-electron chi connectivity index (χ4n) is 2.87. The van der Waals surface area contributed by atoms with Gasteiger partial charge in [-0.05, 0) is 48.3 Å². The molecule has 1 rings (SSSR count). The van der Waals surface area contributed by atoms with E-state index in [0.717, 1.165) is 12.8 Å². The molecule has 0 radical (unpaired) electrons. The molecule has 10 nitrogen and oxygen atoms in total. The Balaban J connectivity index is -0.00000120. The number of aliphatic hydroxyl groups excluding tert-OH is 2. The van der Waals surface area contributed by atoms with Gasteiger partial charge in [0.1, 0.15) is 0 Å². The minimum atomic E-state index is -4.72. The molecular formula is C19H31NNa4O9P2. The summed E-state index contributed by atoms with van der Waals surface area (Å²) < 4.78 is 27.5. The van der Waals surface area contributed by atoms with Crippen LogP contribution in [0.25, 0.3) is 0 Å². The summed E-state index contributed by atoms with van der Waals surface area (Å²) in [5, 5.41) is 22.6. The molecule has 35 heavy (non-hydrogen) atoms. The van der Waals surface area contributed by atoms with Crippen LogP contribution in [0, 0.1) is 0 Å². The van der Waals surface area contributed by atoms with Crippen molar-refractivity contribution in [2.75, 3.05) is 38.8 Å². The van der Waals surface area contributed by atoms with Crippen LogP contribution in [-0.4, -0.2) is 54.5 Å². The second kappa shape index (κ2) is 23.0. The van der Waals surface area contributed by atoms with E-state index in [9.17, 15) is 38.9 Å². The molecule has 0 heterocycles. The molecule has 0 amide bonds. The number of nitrogens with one attached hydrogen (secondary N) is 1. The Morgan fingerprint density at radius 1 is 0.857 bits per heavy atom. The van der Waals surface area contributed by atoms with Gasteiger partial charge < -0.3 is 49.0 Å². The Kier molecular flexibility index (Phi) is 29.8. The van der Waals surface area contributed by atoms with E-state index in [1.165, 1.54) is 0 Å². The molecule has 180 valence electrons. The van der Waals surface area contributed by atoms with Gasteiger partial charge in [-0.1, -0.05) is 46.7 Å². The molecule has 0 aliphatic carbocycles. The number of ether oxygens (including phenoxy) is 1. The van der Waals surface area contributed by atoms with E-state index in [1.54, 1.807) is 18.2 Å². The van der Waals surface area contributed by atoms with Gasteiger partial charge in [-0.15, -0.1) is 0 Å². The van der Waals surface area contributed by atoms with E-state index in [2.05, 4.69) is 5.32 Å². The minimum Gasteiger partial charge on any atom is -0.811 e. The van der Waals surface area contributed by atoms with Crippen molar-refractivity contribution in [2.24, 2.45) is 0 Å². The van der Waals surface area contributed by atoms with E-state index >= 15 is 0 Å². The summed E-state index contributed by atoms with van der Waals surface area (Å²) in [6, 6.07) is 4.86. The molecule has 0 saturated heterocycles. The van der Waals surface area contributed by atoms with Gasteiger partial charge in [0.15, 0.2) is 0 Å². The van der Waals surface area contributed by atoms with Crippen LogP contribution in [0.5, 0.6) is 0 Å². The van der Waals surface area contributed by atoms with Gasteiger partial charge in [-0.2, -0.15) is 0 Å². The van der Waals surface area contributed by atoms with Gasteiger partial charge in [0, 0.05) is 13.2 Å². The van der Waals surface area contributed by atoms with E-state index in [-0.39, 0.29) is 144 Å². The van der Waals surface area contributed by atoms with Gasteiger partial charge in [0.25, 0.3) is 0 Å². The predicted molar refractivity (Wildman–Crippen MR) is 108 cm³/mol. The Morgan fingerprint density at radius 3 is 1.66 bits per heavy atom. The molecule has 0 spiro atoms. The number of hydrogen-bond donors (Lipinski definition) is 3. The molecule has 0 aliphatic heterocycles. The zero-order valence-corrected chi connectivity index (χ0v) is 31.4. The Hall–Kier alpha value is 3.36. The van der Waals surface area contributed by atoms with Gasteiger partial charge in [-0.25, -0.2) is 0 Å². The smallest absolute Gasteiger partial charge is 0.811 e. The molecule has 1 aromatic carbocycles. The predicted octanol–water partition coefficient (Wildman–Crippen LogP) is -13.8. The molecule has 1 aromatic rings. The van der Waals surface area contributed by atoms with E-state index in [1.807, 2.05) is 6.92 Å². The van der Waals surface area contributed by atoms with Crippen molar-refractivity contribution in [3.05, 3.63) is 34.9 Å². The summed E-state index contributed by atoms with van der Waals surface area (Å²) in [6.07, 6.45) is 0.491. The first-order valence-electron chi connectivity index (χ1n) is 10.1. The van der Waals surface area contributed by atoms with Crippen LogP contribution in [-0.2, 0) is 33.3 Å². The second-order valence-electron chi connectivity index (χ2n) is 7.68. The van der Waals surface area contributed by atoms with Crippen molar-refractivity contribution in [3.63, 3.8) is 0 Å². The van der Waals surface area contributed by atoms with Crippen molar-refractivity contribution in [1.82, 2.24) is 5.32 Å². The molecule has 0 fully saturated rings. The maximum absolute atomic E-state index is 11.0. The number of aliphatic hydroxyl groups is 2. The summed E-state index contributed by atoms with van der Waals surface area (Å²) in [4.78, 5) is 43.9. The maximum Gasteiger partial charge on any atom is 1.00 e. The zero-order chi connectivity index (χ0) is 23.5. The molecule has 0 atom stereocenters. The quantitative estimate of drug-likeness (QED) is 0.0977. The number of rotatable bonds is 16. The first kappa shape index (κ1) is 45.4. The summed E-state index contributed by atoms with van der Waals surface area (Å²) >= 11 is 0. The number of benzene rings is 1. The third-order valence-electron chi connectivity index (χ3n) is 4.75. The molecule has 0 unspecified atom stereocenters.